The summed E-state index contributed by atoms with van der Waals surface area (Å²) < 4.78 is 1.07. The molecule has 3 heterocycles. The van der Waals surface area contributed by atoms with Gasteiger partial charge in [-0.15, -0.1) is 21.5 Å². The number of hydrogen-bond donors (Lipinski definition) is 2. The average Bonchev–Trinajstić information content (AvgIpc) is 3.33. The Labute approximate surface area is 166 Å². The lowest BCUT2D eigenvalue weighted by Crippen LogP contribution is -2.25. The summed E-state index contributed by atoms with van der Waals surface area (Å²) in [7, 11) is 0. The van der Waals surface area contributed by atoms with Crippen molar-refractivity contribution in [2.24, 2.45) is 0 Å². The highest BCUT2D eigenvalue weighted by molar-refractivity contribution is 7.23. The summed E-state index contributed by atoms with van der Waals surface area (Å²) in [6, 6.07) is 11.9. The van der Waals surface area contributed by atoms with Crippen molar-refractivity contribution in [3.63, 3.8) is 0 Å². The van der Waals surface area contributed by atoms with Gasteiger partial charge in [-0.2, -0.15) is 9.78 Å². The number of nitrogens with zero attached hydrogens (tertiary/aromatic N) is 4. The normalized spacial score (nSPS) is 10.8. The van der Waals surface area contributed by atoms with E-state index in [1.165, 1.54) is 22.7 Å². The molecule has 2 N–H and O–H groups in total. The summed E-state index contributed by atoms with van der Waals surface area (Å²) in [5.41, 5.74) is 0.597. The van der Waals surface area contributed by atoms with Crippen molar-refractivity contribution >= 4 is 33.7 Å². The lowest BCUT2D eigenvalue weighted by molar-refractivity contribution is 0.101. The van der Waals surface area contributed by atoms with Crippen molar-refractivity contribution in [1.29, 1.82) is 0 Å². The summed E-state index contributed by atoms with van der Waals surface area (Å²) in [4.78, 5) is 25.7. The van der Waals surface area contributed by atoms with Gasteiger partial charge in [-0.3, -0.25) is 14.9 Å². The molecule has 0 bridgehead atoms. The number of aromatic nitrogens is 4. The standard InChI is InChI=1S/C18H13N5O3S2/c1-10-4-2-5-11(8-10)23-14(25)9-12(24)15(22-23)16(26)19-18-21-20-17(28-18)13-6-3-7-27-13/h2-9,24H,1H3,(H,19,21,26). The smallest absolute Gasteiger partial charge is 0.281 e. The van der Waals surface area contributed by atoms with Crippen molar-refractivity contribution in [3.05, 3.63) is 69.5 Å². The molecule has 0 saturated heterocycles. The molecular formula is C18H13N5O3S2. The van der Waals surface area contributed by atoms with Crippen LogP contribution in [-0.4, -0.2) is 31.0 Å². The van der Waals surface area contributed by atoms with Crippen molar-refractivity contribution in [1.82, 2.24) is 20.0 Å². The first-order valence-corrected chi connectivity index (χ1v) is 9.80. The Kier molecular flexibility index (Phi) is 4.72. The lowest BCUT2D eigenvalue weighted by atomic mass is 10.2. The van der Waals surface area contributed by atoms with Crippen LogP contribution in [0.4, 0.5) is 5.13 Å². The number of carbonyl (C=O) groups excluding carboxylic acids is 1. The molecule has 28 heavy (non-hydrogen) atoms. The van der Waals surface area contributed by atoms with Crippen LogP contribution in [0.5, 0.6) is 5.75 Å². The van der Waals surface area contributed by atoms with Gasteiger partial charge in [0.1, 0.15) is 0 Å². The van der Waals surface area contributed by atoms with E-state index in [1.807, 2.05) is 30.5 Å². The van der Waals surface area contributed by atoms with E-state index in [9.17, 15) is 14.7 Å². The summed E-state index contributed by atoms with van der Waals surface area (Å²) in [5.74, 6) is -1.19. The van der Waals surface area contributed by atoms with Gasteiger partial charge in [0.2, 0.25) is 5.13 Å². The molecule has 0 aliphatic rings. The van der Waals surface area contributed by atoms with Gasteiger partial charge >= 0.3 is 0 Å². The van der Waals surface area contributed by atoms with Gasteiger partial charge in [0.25, 0.3) is 11.5 Å². The Morgan fingerprint density at radius 2 is 2.04 bits per heavy atom. The van der Waals surface area contributed by atoms with Gasteiger partial charge in [0.05, 0.1) is 10.6 Å². The zero-order chi connectivity index (χ0) is 19.7. The first kappa shape index (κ1) is 18.0. The average molecular weight is 411 g/mol. The van der Waals surface area contributed by atoms with Crippen LogP contribution in [0.3, 0.4) is 0 Å². The van der Waals surface area contributed by atoms with E-state index in [2.05, 4.69) is 20.6 Å². The van der Waals surface area contributed by atoms with Gasteiger partial charge in [0, 0.05) is 6.07 Å². The van der Waals surface area contributed by atoms with Crippen LogP contribution >= 0.6 is 22.7 Å². The van der Waals surface area contributed by atoms with Crippen LogP contribution in [0.15, 0.2) is 52.6 Å². The lowest BCUT2D eigenvalue weighted by Gasteiger charge is -2.08. The number of aryl methyl sites for hydroxylation is 1. The fourth-order valence-corrected chi connectivity index (χ4v) is 4.01. The molecule has 0 aliphatic heterocycles. The number of nitrogens with one attached hydrogen (secondary N) is 1. The highest BCUT2D eigenvalue weighted by Gasteiger charge is 2.19. The minimum Gasteiger partial charge on any atom is -0.505 e. The van der Waals surface area contributed by atoms with Crippen molar-refractivity contribution in [2.45, 2.75) is 6.92 Å². The number of aromatic hydroxyl groups is 1. The summed E-state index contributed by atoms with van der Waals surface area (Å²) in [6.45, 7) is 1.88. The van der Waals surface area contributed by atoms with Crippen molar-refractivity contribution in [3.8, 4) is 21.3 Å². The molecule has 0 atom stereocenters. The van der Waals surface area contributed by atoms with Gasteiger partial charge in [-0.1, -0.05) is 29.5 Å². The fourth-order valence-electron chi connectivity index (χ4n) is 2.48. The number of hydrogen-bond acceptors (Lipinski definition) is 8. The summed E-state index contributed by atoms with van der Waals surface area (Å²) in [6.07, 6.45) is 0. The molecule has 10 heteroatoms. The monoisotopic (exact) mass is 411 g/mol. The molecule has 0 fully saturated rings. The number of anilines is 1. The molecule has 3 aromatic heterocycles. The zero-order valence-electron chi connectivity index (χ0n) is 14.5. The minimum absolute atomic E-state index is 0.267. The molecule has 0 radical (unpaired) electrons. The predicted octanol–water partition coefficient (Wildman–Crippen LogP) is 3.08. The summed E-state index contributed by atoms with van der Waals surface area (Å²) in [5, 5.41) is 27.5. The van der Waals surface area contributed by atoms with E-state index < -0.39 is 17.2 Å². The second kappa shape index (κ2) is 7.33. The number of thiophene rings is 1. The van der Waals surface area contributed by atoms with Gasteiger partial charge < -0.3 is 5.11 Å². The first-order valence-electron chi connectivity index (χ1n) is 8.10. The van der Waals surface area contributed by atoms with Crippen molar-refractivity contribution in [2.75, 3.05) is 5.32 Å². The molecule has 1 amide bonds. The molecule has 0 unspecified atom stereocenters. The largest absolute Gasteiger partial charge is 0.505 e. The third kappa shape index (κ3) is 3.55. The van der Waals surface area contributed by atoms with E-state index in [1.54, 1.807) is 18.2 Å². The second-order valence-corrected chi connectivity index (χ2v) is 7.74. The van der Waals surface area contributed by atoms with Crippen LogP contribution in [0.1, 0.15) is 16.1 Å². The van der Waals surface area contributed by atoms with Gasteiger partial charge in [-0.05, 0) is 36.1 Å². The van der Waals surface area contributed by atoms with E-state index in [4.69, 9.17) is 0 Å². The number of carbonyl (C=O) groups is 1. The second-order valence-electron chi connectivity index (χ2n) is 5.81. The van der Waals surface area contributed by atoms with E-state index in [-0.39, 0.29) is 10.8 Å². The van der Waals surface area contributed by atoms with E-state index in [0.29, 0.717) is 10.7 Å². The van der Waals surface area contributed by atoms with Gasteiger partial charge in [0.15, 0.2) is 16.5 Å². The minimum atomic E-state index is -0.687. The molecule has 4 rings (SSSR count). The van der Waals surface area contributed by atoms with Crippen LogP contribution in [0.2, 0.25) is 0 Å². The molecular weight excluding hydrogens is 398 g/mol. The zero-order valence-corrected chi connectivity index (χ0v) is 16.1. The number of rotatable bonds is 4. The Hall–Kier alpha value is -3.37. The molecule has 4 aromatic rings. The Balaban J connectivity index is 1.64. The Morgan fingerprint density at radius 3 is 2.79 bits per heavy atom. The third-order valence-corrected chi connectivity index (χ3v) is 5.63. The molecule has 0 saturated carbocycles. The van der Waals surface area contributed by atoms with E-state index in [0.717, 1.165) is 21.2 Å². The van der Waals surface area contributed by atoms with Crippen LogP contribution in [0.25, 0.3) is 15.6 Å². The maximum absolute atomic E-state index is 12.6. The van der Waals surface area contributed by atoms with Crippen LogP contribution in [-0.2, 0) is 0 Å². The molecule has 0 spiro atoms. The first-order chi connectivity index (χ1) is 13.5. The summed E-state index contributed by atoms with van der Waals surface area (Å²) >= 11 is 2.72. The SMILES string of the molecule is Cc1cccc(-n2nc(C(=O)Nc3nnc(-c4cccs4)s3)c(O)cc2=O)c1. The Morgan fingerprint density at radius 1 is 1.18 bits per heavy atom. The molecule has 1 aromatic carbocycles. The molecule has 8 nitrogen and oxygen atoms in total. The third-order valence-electron chi connectivity index (χ3n) is 3.75. The fraction of sp³-hybridized carbons (Fsp3) is 0.0556. The number of benzene rings is 1. The maximum Gasteiger partial charge on any atom is 0.281 e. The van der Waals surface area contributed by atoms with E-state index >= 15 is 0 Å². The predicted molar refractivity (Wildman–Crippen MR) is 107 cm³/mol. The number of amides is 1. The van der Waals surface area contributed by atoms with Gasteiger partial charge in [-0.25, -0.2) is 0 Å². The maximum atomic E-state index is 12.6. The quantitative estimate of drug-likeness (QED) is 0.534. The highest BCUT2D eigenvalue weighted by Crippen LogP contribution is 2.30. The van der Waals surface area contributed by atoms with Crippen LogP contribution in [0, 0.1) is 6.92 Å². The van der Waals surface area contributed by atoms with Crippen LogP contribution < -0.4 is 10.9 Å². The van der Waals surface area contributed by atoms with Crippen molar-refractivity contribution < 1.29 is 9.90 Å². The topological polar surface area (TPSA) is 110 Å². The highest BCUT2D eigenvalue weighted by atomic mass is 32.1. The molecule has 140 valence electrons. The molecule has 0 aliphatic carbocycles. The Bertz CT molecular complexity index is 1210.